The number of benzene rings is 8. The zero-order valence-electron chi connectivity index (χ0n) is 31.3. The van der Waals surface area contributed by atoms with Gasteiger partial charge >= 0.3 is 0 Å². The molecule has 4 nitrogen and oxygen atoms in total. The highest BCUT2D eigenvalue weighted by molar-refractivity contribution is 6.20. The van der Waals surface area contributed by atoms with Crippen LogP contribution in [-0.4, -0.2) is 5.84 Å². The summed E-state index contributed by atoms with van der Waals surface area (Å²) in [4.78, 5) is 7.69. The van der Waals surface area contributed by atoms with Gasteiger partial charge in [-0.25, -0.2) is 0 Å². The van der Waals surface area contributed by atoms with Crippen molar-refractivity contribution >= 4 is 44.8 Å². The minimum absolute atomic E-state index is 0.119. The van der Waals surface area contributed by atoms with Crippen molar-refractivity contribution in [1.82, 2.24) is 5.32 Å². The molecule has 57 heavy (non-hydrogen) atoms. The van der Waals surface area contributed by atoms with Crippen LogP contribution in [0.15, 0.2) is 228 Å². The van der Waals surface area contributed by atoms with E-state index in [1.807, 2.05) is 24.3 Å². The number of nitrogens with one attached hydrogen (secondary N) is 1. The van der Waals surface area contributed by atoms with E-state index in [1.54, 1.807) is 0 Å². The minimum Gasteiger partial charge on any atom is -0.455 e. The lowest BCUT2D eigenvalue weighted by atomic mass is 9.88. The summed E-state index contributed by atoms with van der Waals surface area (Å²) < 4.78 is 6.77. The second-order valence-corrected chi connectivity index (χ2v) is 14.4. The first kappa shape index (κ1) is 34.1. The molecule has 2 heterocycles. The molecule has 0 radical (unpaired) electrons. The standard InChI is InChI=1S/C53H39N3O/c1-36-50(40-18-8-3-9-19-40)54-53(55-51(36)41-20-10-4-11-21-41)47-35-34-45(52-49(47)46-24-14-15-25-48(46)57-52)39-28-32-44(33-29-39)56(42-22-12-5-13-23-42)43-30-26-38(27-31-43)37-16-6-2-7-17-37/h2-35,50-51H,1H2,(H,54,55). The first-order chi connectivity index (χ1) is 28.2. The average molecular weight is 734 g/mol. The van der Waals surface area contributed by atoms with Crippen LogP contribution in [0.4, 0.5) is 17.1 Å². The van der Waals surface area contributed by atoms with Gasteiger partial charge in [-0.05, 0) is 88.0 Å². The quantitative estimate of drug-likeness (QED) is 0.158. The summed E-state index contributed by atoms with van der Waals surface area (Å²) in [6.07, 6.45) is 0. The number of furan rings is 1. The number of hydrogen-bond donors (Lipinski definition) is 1. The summed E-state index contributed by atoms with van der Waals surface area (Å²) in [5.74, 6) is 0.820. The Labute approximate surface area is 332 Å². The highest BCUT2D eigenvalue weighted by Crippen LogP contribution is 2.43. The van der Waals surface area contributed by atoms with Crippen molar-refractivity contribution in [2.75, 3.05) is 4.90 Å². The van der Waals surface area contributed by atoms with Gasteiger partial charge in [0.05, 0.1) is 6.04 Å². The SMILES string of the molecule is C=C1C(c2ccccc2)N=C(c2ccc(-c3ccc(N(c4ccccc4)c4ccc(-c5ccccc5)cc4)cc3)c3oc4ccccc4c23)NC1c1ccccc1. The van der Waals surface area contributed by atoms with Gasteiger partial charge in [-0.3, -0.25) is 4.99 Å². The fourth-order valence-corrected chi connectivity index (χ4v) is 8.15. The maximum Gasteiger partial charge on any atom is 0.143 e. The fourth-order valence-electron chi connectivity index (χ4n) is 8.15. The molecule has 1 aliphatic rings. The molecular formula is C53H39N3O. The van der Waals surface area contributed by atoms with Gasteiger partial charge in [0.25, 0.3) is 0 Å². The molecule has 0 saturated carbocycles. The molecular weight excluding hydrogens is 695 g/mol. The van der Waals surface area contributed by atoms with Gasteiger partial charge in [-0.2, -0.15) is 0 Å². The predicted octanol–water partition coefficient (Wildman–Crippen LogP) is 13.8. The van der Waals surface area contributed by atoms with Gasteiger partial charge in [-0.15, -0.1) is 0 Å². The number of nitrogens with zero attached hydrogens (tertiary/aromatic N) is 2. The molecule has 0 amide bonds. The summed E-state index contributed by atoms with van der Waals surface area (Å²) in [7, 11) is 0. The Morgan fingerprint density at radius 1 is 0.474 bits per heavy atom. The zero-order chi connectivity index (χ0) is 38.1. The van der Waals surface area contributed by atoms with Crippen molar-refractivity contribution in [1.29, 1.82) is 0 Å². The number of amidine groups is 1. The molecule has 8 aromatic carbocycles. The molecule has 272 valence electrons. The number of aliphatic imine (C=N–C) groups is 1. The second-order valence-electron chi connectivity index (χ2n) is 14.4. The van der Waals surface area contributed by atoms with Crippen LogP contribution >= 0.6 is 0 Å². The lowest BCUT2D eigenvalue weighted by molar-refractivity contribution is 0.629. The third-order valence-corrected chi connectivity index (χ3v) is 11.0. The third-order valence-electron chi connectivity index (χ3n) is 11.0. The Morgan fingerprint density at radius 2 is 0.982 bits per heavy atom. The van der Waals surface area contributed by atoms with E-state index in [0.717, 1.165) is 78.2 Å². The van der Waals surface area contributed by atoms with Crippen LogP contribution in [0.1, 0.15) is 28.8 Å². The number of anilines is 3. The molecule has 0 spiro atoms. The largest absolute Gasteiger partial charge is 0.455 e. The van der Waals surface area contributed by atoms with Crippen LogP contribution in [0.5, 0.6) is 0 Å². The van der Waals surface area contributed by atoms with E-state index in [-0.39, 0.29) is 12.1 Å². The topological polar surface area (TPSA) is 40.8 Å². The van der Waals surface area contributed by atoms with E-state index >= 15 is 0 Å². The first-order valence-electron chi connectivity index (χ1n) is 19.4. The van der Waals surface area contributed by atoms with Gasteiger partial charge in [0.1, 0.15) is 23.0 Å². The monoisotopic (exact) mass is 733 g/mol. The van der Waals surface area contributed by atoms with Crippen LogP contribution in [0.3, 0.4) is 0 Å². The van der Waals surface area contributed by atoms with E-state index in [9.17, 15) is 0 Å². The van der Waals surface area contributed by atoms with Crippen LogP contribution < -0.4 is 10.2 Å². The molecule has 2 unspecified atom stereocenters. The predicted molar refractivity (Wildman–Crippen MR) is 236 cm³/mol. The van der Waals surface area contributed by atoms with Crippen LogP contribution in [0.2, 0.25) is 0 Å². The molecule has 1 aromatic heterocycles. The van der Waals surface area contributed by atoms with Gasteiger partial charge < -0.3 is 14.6 Å². The van der Waals surface area contributed by atoms with E-state index in [0.29, 0.717) is 0 Å². The fraction of sp³-hybridized carbons (Fsp3) is 0.0377. The Morgan fingerprint density at radius 3 is 1.65 bits per heavy atom. The summed E-state index contributed by atoms with van der Waals surface area (Å²) in [6, 6.07) is 71.9. The van der Waals surface area contributed by atoms with E-state index in [4.69, 9.17) is 9.41 Å². The molecule has 1 N–H and O–H groups in total. The summed E-state index contributed by atoms with van der Waals surface area (Å²) >= 11 is 0. The zero-order valence-corrected chi connectivity index (χ0v) is 31.3. The number of hydrogen-bond acceptors (Lipinski definition) is 4. The molecule has 0 fully saturated rings. The number of fused-ring (bicyclic) bond motifs is 3. The summed E-state index contributed by atoms with van der Waals surface area (Å²) in [5, 5.41) is 5.90. The first-order valence-corrected chi connectivity index (χ1v) is 19.4. The van der Waals surface area contributed by atoms with Crippen molar-refractivity contribution in [3.63, 3.8) is 0 Å². The van der Waals surface area contributed by atoms with Gasteiger partial charge in [0.2, 0.25) is 0 Å². The van der Waals surface area contributed by atoms with Crippen LogP contribution in [-0.2, 0) is 0 Å². The van der Waals surface area contributed by atoms with Gasteiger partial charge in [-0.1, -0.05) is 158 Å². The molecule has 2 atom stereocenters. The van der Waals surface area contributed by atoms with Crippen LogP contribution in [0, 0.1) is 0 Å². The van der Waals surface area contributed by atoms with E-state index < -0.39 is 0 Å². The Balaban J connectivity index is 1.07. The summed E-state index contributed by atoms with van der Waals surface area (Å²) in [6.45, 7) is 4.60. The van der Waals surface area contributed by atoms with Crippen molar-refractivity contribution in [2.24, 2.45) is 4.99 Å². The van der Waals surface area contributed by atoms with Crippen molar-refractivity contribution in [3.05, 3.63) is 235 Å². The normalized spacial score (nSPS) is 15.3. The van der Waals surface area contributed by atoms with Gasteiger partial charge in [0.15, 0.2) is 0 Å². The van der Waals surface area contributed by atoms with Crippen molar-refractivity contribution in [3.8, 4) is 22.3 Å². The molecule has 0 bridgehead atoms. The highest BCUT2D eigenvalue weighted by Gasteiger charge is 2.31. The second kappa shape index (κ2) is 14.7. The molecule has 0 saturated heterocycles. The maximum atomic E-state index is 6.77. The van der Waals surface area contributed by atoms with Crippen molar-refractivity contribution < 1.29 is 4.42 Å². The molecule has 0 aliphatic carbocycles. The lowest BCUT2D eigenvalue weighted by Crippen LogP contribution is -2.36. The third kappa shape index (κ3) is 6.37. The van der Waals surface area contributed by atoms with Crippen LogP contribution in [0.25, 0.3) is 44.2 Å². The Hall–Kier alpha value is -7.43. The lowest BCUT2D eigenvalue weighted by Gasteiger charge is -2.33. The minimum atomic E-state index is -0.213. The van der Waals surface area contributed by atoms with E-state index in [2.05, 4.69) is 199 Å². The molecule has 1 aliphatic heterocycles. The van der Waals surface area contributed by atoms with Crippen molar-refractivity contribution in [2.45, 2.75) is 12.1 Å². The van der Waals surface area contributed by atoms with E-state index in [1.165, 1.54) is 11.1 Å². The number of rotatable bonds is 8. The highest BCUT2D eigenvalue weighted by atomic mass is 16.3. The Kier molecular flexibility index (Phi) is 8.77. The average Bonchev–Trinajstić information content (AvgIpc) is 3.68. The summed E-state index contributed by atoms with van der Waals surface area (Å²) in [5.41, 5.74) is 13.7. The number of para-hydroxylation sites is 2. The Bertz CT molecular complexity index is 2860. The smallest absolute Gasteiger partial charge is 0.143 e. The molecule has 9 aromatic rings. The molecule has 10 rings (SSSR count). The maximum absolute atomic E-state index is 6.77. The van der Waals surface area contributed by atoms with Gasteiger partial charge in [0, 0.05) is 39.0 Å². The molecule has 4 heteroatoms.